The molecule has 3 heterocycles. The summed E-state index contributed by atoms with van der Waals surface area (Å²) in [5.74, 6) is -0.460. The second kappa shape index (κ2) is 14.6. The van der Waals surface area contributed by atoms with Gasteiger partial charge in [0.25, 0.3) is 5.56 Å². The van der Waals surface area contributed by atoms with Gasteiger partial charge in [0.05, 0.1) is 42.2 Å². The van der Waals surface area contributed by atoms with Gasteiger partial charge in [-0.25, -0.2) is 14.6 Å². The van der Waals surface area contributed by atoms with Crippen molar-refractivity contribution in [2.75, 3.05) is 26.9 Å². The number of nitrogens with zero attached hydrogens (tertiary/aromatic N) is 3. The first-order valence-corrected chi connectivity index (χ1v) is 16.9. The van der Waals surface area contributed by atoms with E-state index >= 15 is 0 Å². The lowest BCUT2D eigenvalue weighted by Gasteiger charge is -2.25. The van der Waals surface area contributed by atoms with E-state index in [-0.39, 0.29) is 24.3 Å². The lowest BCUT2D eigenvalue weighted by molar-refractivity contribution is -0.143. The van der Waals surface area contributed by atoms with E-state index in [4.69, 9.17) is 35.5 Å². The fourth-order valence-corrected chi connectivity index (χ4v) is 7.13. The monoisotopic (exact) mass is 699 g/mol. The average molecular weight is 700 g/mol. The predicted molar refractivity (Wildman–Crippen MR) is 188 cm³/mol. The van der Waals surface area contributed by atoms with Crippen LogP contribution in [0.5, 0.6) is 11.5 Å². The number of carbonyl (C=O) groups is 2. The first-order valence-electron chi connectivity index (χ1n) is 15.7. The summed E-state index contributed by atoms with van der Waals surface area (Å²) < 4.78 is 25.8. The summed E-state index contributed by atoms with van der Waals surface area (Å²) in [4.78, 5) is 44.7. The van der Waals surface area contributed by atoms with Crippen molar-refractivity contribution in [1.29, 1.82) is 0 Å². The van der Waals surface area contributed by atoms with Gasteiger partial charge in [-0.05, 0) is 68.3 Å². The summed E-state index contributed by atoms with van der Waals surface area (Å²) in [7, 11) is 1.28. The Kier molecular flexibility index (Phi) is 10.0. The number of para-hydroxylation sites is 1. The van der Waals surface area contributed by atoms with Crippen LogP contribution >= 0.6 is 22.9 Å². The van der Waals surface area contributed by atoms with E-state index in [1.165, 1.54) is 23.0 Å². The number of thiazole rings is 1. The average Bonchev–Trinajstić information content (AvgIpc) is 3.59. The van der Waals surface area contributed by atoms with E-state index in [1.54, 1.807) is 32.0 Å². The highest BCUT2D eigenvalue weighted by Crippen LogP contribution is 2.36. The molecule has 0 radical (unpaired) electrons. The van der Waals surface area contributed by atoms with Crippen LogP contribution in [-0.2, 0) is 25.6 Å². The molecule has 0 bridgehead atoms. The molecule has 252 valence electrons. The molecule has 0 amide bonds. The summed E-state index contributed by atoms with van der Waals surface area (Å²) in [5, 5.41) is 1.65. The number of hydrogen-bond acceptors (Lipinski definition) is 9. The molecule has 6 rings (SSSR count). The van der Waals surface area contributed by atoms with Gasteiger partial charge in [-0.1, -0.05) is 59.3 Å². The molecular weight excluding hydrogens is 666 g/mol. The van der Waals surface area contributed by atoms with Gasteiger partial charge in [0.2, 0.25) is 0 Å². The molecule has 49 heavy (non-hydrogen) atoms. The van der Waals surface area contributed by atoms with E-state index in [2.05, 4.69) is 4.57 Å². The quantitative estimate of drug-likeness (QED) is 0.170. The minimum Gasteiger partial charge on any atom is -0.490 e. The van der Waals surface area contributed by atoms with Gasteiger partial charge in [0.1, 0.15) is 0 Å². The molecule has 12 heteroatoms. The molecule has 2 aromatic heterocycles. The third kappa shape index (κ3) is 6.90. The van der Waals surface area contributed by atoms with Crippen molar-refractivity contribution in [2.24, 2.45) is 4.99 Å². The Morgan fingerprint density at radius 1 is 1.00 bits per heavy atom. The van der Waals surface area contributed by atoms with E-state index in [1.807, 2.05) is 67.7 Å². The number of hydrogen-bond donors (Lipinski definition) is 0. The van der Waals surface area contributed by atoms with Crippen molar-refractivity contribution in [1.82, 2.24) is 9.13 Å². The highest BCUT2D eigenvalue weighted by atomic mass is 35.5. The van der Waals surface area contributed by atoms with Crippen LogP contribution in [0, 0.1) is 0 Å². The van der Waals surface area contributed by atoms with Crippen molar-refractivity contribution in [3.05, 3.63) is 126 Å². The zero-order chi connectivity index (χ0) is 34.7. The summed E-state index contributed by atoms with van der Waals surface area (Å²) in [6.07, 6.45) is 3.90. The van der Waals surface area contributed by atoms with E-state index < -0.39 is 18.0 Å². The Balaban J connectivity index is 1.49. The normalized spacial score (nSPS) is 14.4. The molecular formula is C37H34ClN3O7S. The fourth-order valence-electron chi connectivity index (χ4n) is 5.88. The van der Waals surface area contributed by atoms with Crippen LogP contribution in [0.1, 0.15) is 43.5 Å². The van der Waals surface area contributed by atoms with Crippen LogP contribution in [0.3, 0.4) is 0 Å². The number of carbonyl (C=O) groups excluding carboxylic acids is 2. The topological polar surface area (TPSA) is 110 Å². The Bertz CT molecular complexity index is 2280. The minimum absolute atomic E-state index is 0.149. The summed E-state index contributed by atoms with van der Waals surface area (Å²) in [6, 6.07) is 20.0. The first kappa shape index (κ1) is 33.8. The molecule has 0 N–H and O–H groups in total. The molecule has 0 spiro atoms. The van der Waals surface area contributed by atoms with Crippen molar-refractivity contribution in [3.63, 3.8) is 0 Å². The number of methoxy groups -OCH3 is 1. The van der Waals surface area contributed by atoms with Crippen LogP contribution in [0.15, 0.2) is 94.0 Å². The highest BCUT2D eigenvalue weighted by molar-refractivity contribution is 7.07. The van der Waals surface area contributed by atoms with Crippen molar-refractivity contribution >= 4 is 51.9 Å². The number of allylic oxidation sites excluding steroid dienone is 1. The van der Waals surface area contributed by atoms with Gasteiger partial charge >= 0.3 is 11.9 Å². The van der Waals surface area contributed by atoms with Crippen molar-refractivity contribution < 1.29 is 28.5 Å². The molecule has 5 aromatic rings. The Morgan fingerprint density at radius 3 is 2.57 bits per heavy atom. The second-order valence-electron chi connectivity index (χ2n) is 11.2. The minimum atomic E-state index is -0.865. The predicted octanol–water partition coefficient (Wildman–Crippen LogP) is 5.41. The number of fused-ring (bicyclic) bond motifs is 2. The van der Waals surface area contributed by atoms with Gasteiger partial charge in [-0.2, -0.15) is 0 Å². The largest absolute Gasteiger partial charge is 0.490 e. The molecule has 10 nitrogen and oxygen atoms in total. The van der Waals surface area contributed by atoms with Gasteiger partial charge < -0.3 is 23.5 Å². The smallest absolute Gasteiger partial charge is 0.343 e. The molecule has 1 aliphatic heterocycles. The lowest BCUT2D eigenvalue weighted by atomic mass is 9.95. The number of rotatable bonds is 11. The maximum atomic E-state index is 14.4. The van der Waals surface area contributed by atoms with Crippen LogP contribution in [0.4, 0.5) is 0 Å². The number of benzene rings is 3. The van der Waals surface area contributed by atoms with E-state index in [0.717, 1.165) is 22.0 Å². The van der Waals surface area contributed by atoms with Crippen molar-refractivity contribution in [3.8, 4) is 11.5 Å². The Labute approximate surface area is 291 Å². The maximum Gasteiger partial charge on any atom is 0.343 e. The van der Waals surface area contributed by atoms with Gasteiger partial charge in [0, 0.05) is 34.2 Å². The first-order chi connectivity index (χ1) is 23.7. The van der Waals surface area contributed by atoms with Gasteiger partial charge in [-0.3, -0.25) is 9.36 Å². The molecule has 1 atom stereocenters. The van der Waals surface area contributed by atoms with Gasteiger partial charge in [-0.15, -0.1) is 0 Å². The molecule has 0 unspecified atom stereocenters. The Morgan fingerprint density at radius 2 is 1.82 bits per heavy atom. The lowest BCUT2D eigenvalue weighted by Crippen LogP contribution is -2.40. The summed E-state index contributed by atoms with van der Waals surface area (Å²) in [5.41, 5.74) is 3.89. The molecule has 3 aromatic carbocycles. The molecule has 0 fully saturated rings. The maximum absolute atomic E-state index is 14.4. The molecule has 1 aliphatic rings. The van der Waals surface area contributed by atoms with Crippen LogP contribution in [0.2, 0.25) is 5.02 Å². The van der Waals surface area contributed by atoms with Crippen LogP contribution in [-0.4, -0.2) is 48.0 Å². The molecule has 0 aliphatic carbocycles. The zero-order valence-corrected chi connectivity index (χ0v) is 29.0. The summed E-state index contributed by atoms with van der Waals surface area (Å²) in [6.45, 7) is 6.02. The number of halogens is 1. The van der Waals surface area contributed by atoms with Gasteiger partial charge in [0.15, 0.2) is 22.9 Å². The molecule has 0 saturated carbocycles. The van der Waals surface area contributed by atoms with Crippen LogP contribution < -0.4 is 24.4 Å². The van der Waals surface area contributed by atoms with Crippen molar-refractivity contribution in [2.45, 2.75) is 33.4 Å². The number of ether oxygens (including phenoxy) is 4. The van der Waals surface area contributed by atoms with E-state index in [9.17, 15) is 14.4 Å². The SMILES string of the molecule is CCOC(=O)C1=C(C)N=c2s/c(=C/c3cn(Cc4cccc(Cl)c4)c4ccccc34)c(=O)n2[C@H]1c1ccc(OCC(=O)OC)c(OCC)c1. The number of esters is 2. The third-order valence-electron chi connectivity index (χ3n) is 8.02. The third-order valence-corrected chi connectivity index (χ3v) is 9.24. The number of aromatic nitrogens is 2. The highest BCUT2D eigenvalue weighted by Gasteiger charge is 2.34. The fraction of sp³-hybridized carbons (Fsp3) is 0.243. The van der Waals surface area contributed by atoms with Crippen LogP contribution in [0.25, 0.3) is 17.0 Å². The summed E-state index contributed by atoms with van der Waals surface area (Å²) >= 11 is 7.51. The van der Waals surface area contributed by atoms with E-state index in [0.29, 0.717) is 50.3 Å². The standard InChI is InChI=1S/C37H34ClN3O7S/c1-5-46-30-17-24(14-15-29(30)48-21-32(42)45-4)34-33(36(44)47-6-2)22(3)39-37-41(34)35(43)31(49-37)18-25-20-40(28-13-8-7-12-27(25)28)19-23-10-9-11-26(38)16-23/h7-18,20,34H,5-6,19,21H2,1-4H3/b31-18+/t34-/m0/s1. The molecule has 0 saturated heterocycles. The second-order valence-corrected chi connectivity index (χ2v) is 12.6. The Hall–Kier alpha value is -5.13. The zero-order valence-electron chi connectivity index (χ0n) is 27.4.